The predicted octanol–water partition coefficient (Wildman–Crippen LogP) is 1.88. The molecule has 0 aliphatic heterocycles. The first-order valence-electron chi connectivity index (χ1n) is 11.1. The molecule has 1 N–H and O–H groups in total. The molecule has 0 fully saturated rings. The van der Waals surface area contributed by atoms with Crippen molar-refractivity contribution in [1.82, 2.24) is 5.32 Å². The van der Waals surface area contributed by atoms with Gasteiger partial charge in [-0.05, 0) is 78.6 Å². The van der Waals surface area contributed by atoms with Gasteiger partial charge >= 0.3 is 0 Å². The highest BCUT2D eigenvalue weighted by Gasteiger charge is 2.25. The van der Waals surface area contributed by atoms with Gasteiger partial charge < -0.3 is 24.3 Å². The van der Waals surface area contributed by atoms with Crippen LogP contribution in [0.1, 0.15) is 80.1 Å². The number of ether oxygens (including phenoxy) is 4. The zero-order chi connectivity index (χ0) is 20.8. The van der Waals surface area contributed by atoms with E-state index >= 15 is 0 Å². The highest BCUT2D eigenvalue weighted by Crippen LogP contribution is 2.22. The Labute approximate surface area is 174 Å². The van der Waals surface area contributed by atoms with E-state index < -0.39 is 11.6 Å². The zero-order valence-electron chi connectivity index (χ0n) is 19.4. The SMILES string of the molecule is CCOC(C)(CCCC([SiH3])NC([SiH3])CCCC(C)(OCC)OCC)OCC. The van der Waals surface area contributed by atoms with Crippen molar-refractivity contribution in [3.63, 3.8) is 0 Å². The molecular formula is C20H47NO4Si2. The standard InChI is InChI=1S/C20H47NO4Si2/c1-7-22-19(5,23-8-2)15-11-13-17(26)21-18(27)14-12-16-20(6,24-9-3)25-10-4/h17-18,21H,7-16H2,1-6,26-27H3. The van der Waals surface area contributed by atoms with Crippen LogP contribution in [-0.4, -0.2) is 69.8 Å². The lowest BCUT2D eigenvalue weighted by molar-refractivity contribution is -0.225. The maximum Gasteiger partial charge on any atom is 0.165 e. The summed E-state index contributed by atoms with van der Waals surface area (Å²) in [5.41, 5.74) is 1.32. The maximum absolute atomic E-state index is 5.81. The Balaban J connectivity index is 4.11. The van der Waals surface area contributed by atoms with Crippen molar-refractivity contribution < 1.29 is 18.9 Å². The van der Waals surface area contributed by atoms with E-state index in [1.54, 1.807) is 0 Å². The van der Waals surface area contributed by atoms with Crippen LogP contribution < -0.4 is 5.32 Å². The van der Waals surface area contributed by atoms with Gasteiger partial charge in [-0.3, -0.25) is 0 Å². The number of nitrogens with one attached hydrogen (secondary N) is 1. The molecule has 0 aromatic carbocycles. The first kappa shape index (κ1) is 27.2. The van der Waals surface area contributed by atoms with Crippen molar-refractivity contribution in [3.05, 3.63) is 0 Å². The molecule has 2 atom stereocenters. The molecule has 0 heterocycles. The second-order valence-corrected chi connectivity index (χ2v) is 10.5. The van der Waals surface area contributed by atoms with Crippen molar-refractivity contribution in [3.8, 4) is 0 Å². The van der Waals surface area contributed by atoms with Crippen LogP contribution in [0.2, 0.25) is 0 Å². The second-order valence-electron chi connectivity index (χ2n) is 7.75. The molecule has 0 saturated heterocycles. The molecule has 0 bridgehead atoms. The largest absolute Gasteiger partial charge is 0.351 e. The Morgan fingerprint density at radius 1 is 0.667 bits per heavy atom. The van der Waals surface area contributed by atoms with E-state index in [0.29, 0.717) is 37.8 Å². The quantitative estimate of drug-likeness (QED) is 0.270. The zero-order valence-corrected chi connectivity index (χ0v) is 23.4. The third-order valence-corrected chi connectivity index (χ3v) is 6.73. The third kappa shape index (κ3) is 13.1. The fourth-order valence-electron chi connectivity index (χ4n) is 3.70. The first-order valence-corrected chi connectivity index (χ1v) is 13.4. The van der Waals surface area contributed by atoms with Gasteiger partial charge in [0.15, 0.2) is 11.6 Å². The van der Waals surface area contributed by atoms with E-state index in [1.165, 1.54) is 33.3 Å². The van der Waals surface area contributed by atoms with Crippen LogP contribution in [0.15, 0.2) is 0 Å². The number of hydrogen-bond donors (Lipinski definition) is 1. The summed E-state index contributed by atoms with van der Waals surface area (Å²) >= 11 is 0. The number of hydrogen-bond acceptors (Lipinski definition) is 5. The molecule has 0 rings (SSSR count). The summed E-state index contributed by atoms with van der Waals surface area (Å²) in [6.07, 6.45) is 6.61. The van der Waals surface area contributed by atoms with Gasteiger partial charge in [0.2, 0.25) is 0 Å². The Kier molecular flexibility index (Phi) is 15.3. The lowest BCUT2D eigenvalue weighted by atomic mass is 10.1. The Morgan fingerprint density at radius 3 is 1.22 bits per heavy atom. The Hall–Kier alpha value is 0.234. The first-order chi connectivity index (χ1) is 12.7. The van der Waals surface area contributed by atoms with Crippen LogP contribution in [0.25, 0.3) is 0 Å². The third-order valence-electron chi connectivity index (χ3n) is 4.90. The molecule has 0 aromatic heterocycles. The van der Waals surface area contributed by atoms with Crippen LogP contribution in [0.4, 0.5) is 0 Å². The molecule has 7 heteroatoms. The highest BCUT2D eigenvalue weighted by atomic mass is 28.1. The molecular weight excluding hydrogens is 374 g/mol. The minimum atomic E-state index is -0.422. The fourth-order valence-corrected chi connectivity index (χ4v) is 6.33. The molecule has 0 aliphatic rings. The van der Waals surface area contributed by atoms with Crippen LogP contribution in [-0.2, 0) is 18.9 Å². The van der Waals surface area contributed by atoms with E-state index in [-0.39, 0.29) is 0 Å². The van der Waals surface area contributed by atoms with E-state index in [9.17, 15) is 0 Å². The van der Waals surface area contributed by atoms with E-state index in [0.717, 1.165) is 25.7 Å². The van der Waals surface area contributed by atoms with E-state index in [1.807, 2.05) is 27.7 Å². The maximum atomic E-state index is 5.81. The van der Waals surface area contributed by atoms with Gasteiger partial charge in [0, 0.05) is 59.8 Å². The van der Waals surface area contributed by atoms with Crippen LogP contribution in [0, 0.1) is 0 Å². The monoisotopic (exact) mass is 421 g/mol. The van der Waals surface area contributed by atoms with Gasteiger partial charge in [-0.1, -0.05) is 0 Å². The highest BCUT2D eigenvalue weighted by molar-refractivity contribution is 6.14. The molecule has 5 nitrogen and oxygen atoms in total. The van der Waals surface area contributed by atoms with Gasteiger partial charge in [-0.2, -0.15) is 0 Å². The van der Waals surface area contributed by atoms with Crippen molar-refractivity contribution in [2.45, 2.75) is 103 Å². The topological polar surface area (TPSA) is 49.0 Å². The summed E-state index contributed by atoms with van der Waals surface area (Å²) in [5, 5.41) is 3.84. The molecule has 0 aromatic rings. The summed E-state index contributed by atoms with van der Waals surface area (Å²) in [5.74, 6) is -0.845. The average molecular weight is 422 g/mol. The summed E-state index contributed by atoms with van der Waals surface area (Å²) in [7, 11) is 2.35. The van der Waals surface area contributed by atoms with Crippen molar-refractivity contribution in [1.29, 1.82) is 0 Å². The Bertz CT molecular complexity index is 317. The average Bonchev–Trinajstić information content (AvgIpc) is 2.55. The lowest BCUT2D eigenvalue weighted by Crippen LogP contribution is -2.40. The van der Waals surface area contributed by atoms with Crippen LogP contribution in [0.3, 0.4) is 0 Å². The Morgan fingerprint density at radius 2 is 0.963 bits per heavy atom. The molecule has 0 spiro atoms. The summed E-state index contributed by atoms with van der Waals surface area (Å²) in [6, 6.07) is 0. The summed E-state index contributed by atoms with van der Waals surface area (Å²) in [6.45, 7) is 15.1. The van der Waals surface area contributed by atoms with Crippen LogP contribution in [0.5, 0.6) is 0 Å². The molecule has 27 heavy (non-hydrogen) atoms. The molecule has 0 radical (unpaired) electrons. The van der Waals surface area contributed by atoms with E-state index in [2.05, 4.69) is 19.2 Å². The molecule has 0 amide bonds. The van der Waals surface area contributed by atoms with Gasteiger partial charge in [-0.15, -0.1) is 0 Å². The van der Waals surface area contributed by atoms with Crippen molar-refractivity contribution in [2.75, 3.05) is 26.4 Å². The van der Waals surface area contributed by atoms with Gasteiger partial charge in [0.1, 0.15) is 0 Å². The molecule has 0 aliphatic carbocycles. The summed E-state index contributed by atoms with van der Waals surface area (Å²) in [4.78, 5) is 0. The number of rotatable bonds is 18. The van der Waals surface area contributed by atoms with Gasteiger partial charge in [0.05, 0.1) is 0 Å². The lowest BCUT2D eigenvalue weighted by Gasteiger charge is -2.30. The minimum Gasteiger partial charge on any atom is -0.351 e. The molecule has 0 saturated carbocycles. The fraction of sp³-hybridized carbons (Fsp3) is 1.00. The minimum absolute atomic E-state index is 0.422. The van der Waals surface area contributed by atoms with Crippen LogP contribution >= 0.6 is 0 Å². The predicted molar refractivity (Wildman–Crippen MR) is 122 cm³/mol. The van der Waals surface area contributed by atoms with E-state index in [4.69, 9.17) is 18.9 Å². The molecule has 2 unspecified atom stereocenters. The summed E-state index contributed by atoms with van der Waals surface area (Å²) < 4.78 is 23.2. The smallest absolute Gasteiger partial charge is 0.165 e. The normalized spacial score (nSPS) is 15.3. The van der Waals surface area contributed by atoms with Gasteiger partial charge in [0.25, 0.3) is 0 Å². The van der Waals surface area contributed by atoms with Crippen molar-refractivity contribution >= 4 is 20.5 Å². The molecule has 164 valence electrons. The van der Waals surface area contributed by atoms with Crippen molar-refractivity contribution in [2.24, 2.45) is 0 Å². The second kappa shape index (κ2) is 15.1. The van der Waals surface area contributed by atoms with Gasteiger partial charge in [-0.25, -0.2) is 0 Å².